The van der Waals surface area contributed by atoms with Crippen LogP contribution in [0.5, 0.6) is 0 Å². The minimum atomic E-state index is -1.11. The van der Waals surface area contributed by atoms with Crippen LogP contribution in [0.25, 0.3) is 0 Å². The van der Waals surface area contributed by atoms with E-state index in [0.29, 0.717) is 6.42 Å². The van der Waals surface area contributed by atoms with Gasteiger partial charge in [-0.2, -0.15) is 0 Å². The van der Waals surface area contributed by atoms with Crippen LogP contribution in [0.1, 0.15) is 373 Å². The van der Waals surface area contributed by atoms with Crippen LogP contribution in [0.3, 0.4) is 0 Å². The predicted octanol–water partition coefficient (Wildman–Crippen LogP) is 21.7. The molecule has 0 aliphatic heterocycles. The van der Waals surface area contributed by atoms with Crippen LogP contribution in [0.2, 0.25) is 0 Å². The number of amides is 1. The Kier molecular flexibility index (Phi) is 62.9. The fraction of sp³-hybridized carbons (Fsp3) is 0.899. The first-order valence-electron chi connectivity index (χ1n) is 33.8. The van der Waals surface area contributed by atoms with E-state index in [0.717, 1.165) is 38.5 Å². The van der Waals surface area contributed by atoms with Crippen molar-refractivity contribution in [1.29, 1.82) is 0 Å². The lowest BCUT2D eigenvalue weighted by Gasteiger charge is -2.21. The highest BCUT2D eigenvalue weighted by Crippen LogP contribution is 2.19. The predicted molar refractivity (Wildman–Crippen MR) is 328 cm³/mol. The molecule has 4 N–H and O–H groups in total. The summed E-state index contributed by atoms with van der Waals surface area (Å²) in [5.74, 6) is -0.507. The Balaban J connectivity index is 3.50. The monoisotopic (exact) mass is 1040 g/mol. The van der Waals surface area contributed by atoms with E-state index in [1.165, 1.54) is 315 Å². The average Bonchev–Trinajstić information content (AvgIpc) is 3.41. The second-order valence-corrected chi connectivity index (χ2v) is 23.4. The minimum absolute atomic E-state index is 0.374. The summed E-state index contributed by atoms with van der Waals surface area (Å²) in [6.07, 6.45) is 85.7. The zero-order valence-electron chi connectivity index (χ0n) is 50.3. The Morgan fingerprint density at radius 3 is 0.824 bits per heavy atom. The molecule has 0 aromatic heterocycles. The van der Waals surface area contributed by atoms with E-state index in [2.05, 4.69) is 43.5 Å². The lowest BCUT2D eigenvalue weighted by molar-refractivity contribution is -0.131. The quantitative estimate of drug-likeness (QED) is 0.0361. The van der Waals surface area contributed by atoms with Crippen LogP contribution in [-0.4, -0.2) is 46.1 Å². The minimum Gasteiger partial charge on any atom is -0.394 e. The maximum absolute atomic E-state index is 12.6. The summed E-state index contributed by atoms with van der Waals surface area (Å²) in [5, 5.41) is 33.5. The Morgan fingerprint density at radius 1 is 0.324 bits per heavy atom. The maximum Gasteiger partial charge on any atom is 0.249 e. The molecule has 0 saturated heterocycles. The first-order chi connectivity index (χ1) is 36.6. The van der Waals surface area contributed by atoms with Gasteiger partial charge in [0.1, 0.15) is 6.10 Å². The molecule has 5 heteroatoms. The molecule has 3 unspecified atom stereocenters. The number of allylic oxidation sites excluding steroid dienone is 5. The molecule has 0 heterocycles. The number of aliphatic hydroxyl groups is 3. The van der Waals surface area contributed by atoms with Crippen molar-refractivity contribution in [3.8, 4) is 0 Å². The summed E-state index contributed by atoms with van der Waals surface area (Å²) in [6.45, 7) is 4.22. The van der Waals surface area contributed by atoms with Crippen LogP contribution in [-0.2, 0) is 4.79 Å². The van der Waals surface area contributed by atoms with Crippen molar-refractivity contribution in [3.63, 3.8) is 0 Å². The fourth-order valence-corrected chi connectivity index (χ4v) is 10.7. The lowest BCUT2D eigenvalue weighted by atomic mass is 10.0. The van der Waals surface area contributed by atoms with Gasteiger partial charge in [-0.05, 0) is 57.8 Å². The van der Waals surface area contributed by atoms with Gasteiger partial charge >= 0.3 is 0 Å². The third-order valence-corrected chi connectivity index (χ3v) is 16.0. The summed E-state index contributed by atoms with van der Waals surface area (Å²) >= 11 is 0. The van der Waals surface area contributed by atoms with E-state index in [9.17, 15) is 20.1 Å². The Labute approximate surface area is 464 Å². The van der Waals surface area contributed by atoms with Gasteiger partial charge in [0.25, 0.3) is 0 Å². The second kappa shape index (κ2) is 64.1. The van der Waals surface area contributed by atoms with Gasteiger partial charge in [-0.3, -0.25) is 4.79 Å². The first kappa shape index (κ1) is 72.6. The normalized spacial score (nSPS) is 13.3. The number of rotatable bonds is 63. The number of aliphatic hydroxyl groups excluding tert-OH is 3. The highest BCUT2D eigenvalue weighted by atomic mass is 16.3. The highest BCUT2D eigenvalue weighted by Gasteiger charge is 2.22. The maximum atomic E-state index is 12.6. The Bertz CT molecular complexity index is 1150. The fourth-order valence-electron chi connectivity index (χ4n) is 10.7. The van der Waals surface area contributed by atoms with Crippen LogP contribution in [0.4, 0.5) is 0 Å². The Hall–Kier alpha value is -1.43. The van der Waals surface area contributed by atoms with Crippen molar-refractivity contribution in [1.82, 2.24) is 5.32 Å². The van der Waals surface area contributed by atoms with Crippen molar-refractivity contribution in [2.45, 2.75) is 392 Å². The number of carbonyl (C=O) groups excluding carboxylic acids is 1. The molecule has 0 aromatic rings. The smallest absolute Gasteiger partial charge is 0.249 e. The molecule has 0 bridgehead atoms. The topological polar surface area (TPSA) is 89.8 Å². The molecule has 74 heavy (non-hydrogen) atoms. The summed E-state index contributed by atoms with van der Waals surface area (Å²) < 4.78 is 0. The third kappa shape index (κ3) is 58.3. The number of unbranched alkanes of at least 4 members (excludes halogenated alkanes) is 51. The summed E-state index contributed by atoms with van der Waals surface area (Å²) in [7, 11) is 0. The van der Waals surface area contributed by atoms with Gasteiger partial charge in [0.15, 0.2) is 0 Å². The molecular formula is C69H133NO4. The summed E-state index contributed by atoms with van der Waals surface area (Å²) in [6, 6.07) is -0.815. The van der Waals surface area contributed by atoms with Crippen LogP contribution >= 0.6 is 0 Å². The summed E-state index contributed by atoms with van der Waals surface area (Å²) in [5.41, 5.74) is 0. The van der Waals surface area contributed by atoms with Gasteiger partial charge in [-0.1, -0.05) is 352 Å². The molecule has 438 valence electrons. The molecule has 0 aliphatic rings. The first-order valence-corrected chi connectivity index (χ1v) is 33.8. The summed E-state index contributed by atoms with van der Waals surface area (Å²) in [4.78, 5) is 12.6. The molecule has 0 fully saturated rings. The lowest BCUT2D eigenvalue weighted by Crippen LogP contribution is -2.48. The van der Waals surface area contributed by atoms with E-state index in [4.69, 9.17) is 0 Å². The molecule has 5 nitrogen and oxygen atoms in total. The zero-order valence-corrected chi connectivity index (χ0v) is 50.3. The largest absolute Gasteiger partial charge is 0.394 e. The van der Waals surface area contributed by atoms with E-state index < -0.39 is 24.2 Å². The van der Waals surface area contributed by atoms with Gasteiger partial charge in [0.05, 0.1) is 18.8 Å². The van der Waals surface area contributed by atoms with E-state index in [1.807, 2.05) is 6.08 Å². The second-order valence-electron chi connectivity index (χ2n) is 23.4. The van der Waals surface area contributed by atoms with Gasteiger partial charge in [0, 0.05) is 0 Å². The van der Waals surface area contributed by atoms with Gasteiger partial charge in [-0.15, -0.1) is 0 Å². The standard InChI is InChI=1S/C69H133NO4/c1-3-5-7-9-11-13-15-17-19-21-23-25-27-28-29-30-31-32-33-34-35-36-37-38-39-40-41-42-44-46-48-50-52-54-56-58-60-62-64-68(73)69(74)70-66(65-71)67(72)63-61-59-57-55-53-51-49-47-45-43-26-24-22-20-18-16-14-12-10-8-6-4-2/h34-35,53,55,61,63,66-68,71-73H,3-33,36-52,54,56-60,62,64-65H2,1-2H3,(H,70,74)/b35-34-,55-53+,63-61+. The third-order valence-electron chi connectivity index (χ3n) is 16.0. The van der Waals surface area contributed by atoms with E-state index in [1.54, 1.807) is 6.08 Å². The molecular weight excluding hydrogens is 907 g/mol. The van der Waals surface area contributed by atoms with Crippen molar-refractivity contribution in [2.75, 3.05) is 6.61 Å². The van der Waals surface area contributed by atoms with Gasteiger partial charge in [-0.25, -0.2) is 0 Å². The molecule has 1 amide bonds. The van der Waals surface area contributed by atoms with E-state index in [-0.39, 0.29) is 6.61 Å². The van der Waals surface area contributed by atoms with Crippen LogP contribution < -0.4 is 5.32 Å². The molecule has 3 atom stereocenters. The van der Waals surface area contributed by atoms with Crippen molar-refractivity contribution in [2.24, 2.45) is 0 Å². The number of hydrogen-bond acceptors (Lipinski definition) is 4. The van der Waals surface area contributed by atoms with Crippen molar-refractivity contribution in [3.05, 3.63) is 36.5 Å². The molecule has 0 aromatic carbocycles. The molecule has 0 saturated carbocycles. The molecule has 0 spiro atoms. The molecule has 0 rings (SSSR count). The van der Waals surface area contributed by atoms with Gasteiger partial charge in [0.2, 0.25) is 5.91 Å². The number of hydrogen-bond donors (Lipinski definition) is 4. The number of carbonyl (C=O) groups is 1. The van der Waals surface area contributed by atoms with Crippen molar-refractivity contribution >= 4 is 5.91 Å². The van der Waals surface area contributed by atoms with Crippen LogP contribution in [0, 0.1) is 0 Å². The molecule has 0 radical (unpaired) electrons. The average molecular weight is 1040 g/mol. The Morgan fingerprint density at radius 2 is 0.554 bits per heavy atom. The number of nitrogens with one attached hydrogen (secondary N) is 1. The van der Waals surface area contributed by atoms with E-state index >= 15 is 0 Å². The highest BCUT2D eigenvalue weighted by molar-refractivity contribution is 5.80. The molecule has 0 aliphatic carbocycles. The van der Waals surface area contributed by atoms with Gasteiger partial charge < -0.3 is 20.6 Å². The SMILES string of the molecule is CCCCCCCCCCCCCCCCCC/C=C/CC/C=C/C(O)C(CO)NC(=O)C(O)CCCCCCCCCCCCCCCCCC/C=C\CCCCCCCCCCCCCCCCCCCC. The van der Waals surface area contributed by atoms with Crippen LogP contribution in [0.15, 0.2) is 36.5 Å². The van der Waals surface area contributed by atoms with Crippen molar-refractivity contribution < 1.29 is 20.1 Å². The zero-order chi connectivity index (χ0) is 53.6.